The van der Waals surface area contributed by atoms with Crippen molar-refractivity contribution in [2.24, 2.45) is 0 Å². The van der Waals surface area contributed by atoms with E-state index < -0.39 is 27.1 Å². The molecule has 0 aliphatic carbocycles. The van der Waals surface area contributed by atoms with Crippen LogP contribution in [0.2, 0.25) is 0 Å². The SMILES string of the molecule is Cc1cnc2c(c1)c(C#N)c(-c1ccc(S(=O)(=O)N[C@@H](C)C(F)(F)F)cn1)n2-c1ncccn1. The molecule has 4 aromatic rings. The number of rotatable bonds is 5. The fourth-order valence-corrected chi connectivity index (χ4v) is 4.45. The Morgan fingerprint density at radius 3 is 2.41 bits per heavy atom. The molecule has 0 radical (unpaired) electrons. The molecule has 34 heavy (non-hydrogen) atoms. The Morgan fingerprint density at radius 2 is 1.82 bits per heavy atom. The smallest absolute Gasteiger partial charge is 0.259 e. The van der Waals surface area contributed by atoms with Crippen LogP contribution >= 0.6 is 0 Å². The van der Waals surface area contributed by atoms with Crippen molar-refractivity contribution >= 4 is 21.1 Å². The van der Waals surface area contributed by atoms with Crippen LogP contribution in [0, 0.1) is 18.3 Å². The second-order valence-corrected chi connectivity index (χ2v) is 9.08. The van der Waals surface area contributed by atoms with Gasteiger partial charge in [-0.1, -0.05) is 0 Å². The Morgan fingerprint density at radius 1 is 1.12 bits per heavy atom. The summed E-state index contributed by atoms with van der Waals surface area (Å²) < 4.78 is 66.3. The van der Waals surface area contributed by atoms with Crippen LogP contribution in [0.15, 0.2) is 53.9 Å². The van der Waals surface area contributed by atoms with Gasteiger partial charge in [0, 0.05) is 30.2 Å². The third-order valence-electron chi connectivity index (χ3n) is 4.92. The van der Waals surface area contributed by atoms with Gasteiger partial charge in [-0.25, -0.2) is 23.4 Å². The Labute approximate surface area is 192 Å². The maximum atomic E-state index is 12.8. The molecular formula is C21H16F3N7O2S. The van der Waals surface area contributed by atoms with Gasteiger partial charge in [0.2, 0.25) is 16.0 Å². The van der Waals surface area contributed by atoms with E-state index in [1.165, 1.54) is 23.0 Å². The van der Waals surface area contributed by atoms with Gasteiger partial charge in [-0.3, -0.25) is 9.55 Å². The van der Waals surface area contributed by atoms with E-state index in [1.54, 1.807) is 23.1 Å². The highest BCUT2D eigenvalue weighted by atomic mass is 32.2. The van der Waals surface area contributed by atoms with Gasteiger partial charge in [0.05, 0.1) is 17.0 Å². The van der Waals surface area contributed by atoms with E-state index in [0.717, 1.165) is 17.8 Å². The fraction of sp³-hybridized carbons (Fsp3) is 0.190. The second-order valence-electron chi connectivity index (χ2n) is 7.37. The maximum absolute atomic E-state index is 12.8. The summed E-state index contributed by atoms with van der Waals surface area (Å²) >= 11 is 0. The van der Waals surface area contributed by atoms with Crippen LogP contribution in [0.25, 0.3) is 28.4 Å². The van der Waals surface area contributed by atoms with Crippen LogP contribution in [0.4, 0.5) is 13.2 Å². The van der Waals surface area contributed by atoms with Crippen molar-refractivity contribution < 1.29 is 21.6 Å². The topological polar surface area (TPSA) is 126 Å². The van der Waals surface area contributed by atoms with Crippen LogP contribution in [-0.4, -0.2) is 45.1 Å². The van der Waals surface area contributed by atoms with E-state index >= 15 is 0 Å². The van der Waals surface area contributed by atoms with Crippen LogP contribution in [0.1, 0.15) is 18.1 Å². The standard InChI is InChI=1S/C21H16F3N7O2S/c1-12-8-15-16(9-25)18(31(19(15)29-10-12)20-26-6-3-7-27-20)17-5-4-14(11-28-17)34(32,33)30-13(2)21(22,23)24/h3-8,10-11,13,30H,1-2H3/t13-/m0/s1. The first-order chi connectivity index (χ1) is 16.0. The second kappa shape index (κ2) is 8.47. The molecule has 1 atom stereocenters. The van der Waals surface area contributed by atoms with E-state index in [1.807, 2.05) is 6.92 Å². The molecule has 4 aromatic heterocycles. The summed E-state index contributed by atoms with van der Waals surface area (Å²) in [5, 5.41) is 10.4. The first-order valence-corrected chi connectivity index (χ1v) is 11.3. The minimum Gasteiger partial charge on any atom is -0.259 e. The van der Waals surface area contributed by atoms with E-state index in [4.69, 9.17) is 0 Å². The molecule has 0 saturated carbocycles. The Bertz CT molecular complexity index is 1510. The van der Waals surface area contributed by atoms with Crippen LogP contribution in [0.3, 0.4) is 0 Å². The van der Waals surface area contributed by atoms with Crippen LogP contribution in [0.5, 0.6) is 0 Å². The molecule has 0 aliphatic rings. The number of alkyl halides is 3. The molecule has 174 valence electrons. The lowest BCUT2D eigenvalue weighted by atomic mass is 10.1. The van der Waals surface area contributed by atoms with Crippen LogP contribution in [-0.2, 0) is 10.0 Å². The molecule has 4 rings (SSSR count). The lowest BCUT2D eigenvalue weighted by molar-refractivity contribution is -0.147. The number of sulfonamides is 1. The summed E-state index contributed by atoms with van der Waals surface area (Å²) in [6, 6.07) is 5.64. The van der Waals surface area contributed by atoms with Crippen LogP contribution < -0.4 is 4.72 Å². The van der Waals surface area contributed by atoms with Crippen molar-refractivity contribution in [3.05, 3.63) is 60.2 Å². The van der Waals surface area contributed by atoms with Crippen molar-refractivity contribution in [3.63, 3.8) is 0 Å². The molecule has 0 unspecified atom stereocenters. The van der Waals surface area contributed by atoms with Crippen molar-refractivity contribution in [2.75, 3.05) is 0 Å². The zero-order valence-electron chi connectivity index (χ0n) is 17.7. The average Bonchev–Trinajstić information content (AvgIpc) is 3.12. The molecule has 0 aromatic carbocycles. The molecule has 0 fully saturated rings. The lowest BCUT2D eigenvalue weighted by Gasteiger charge is -2.17. The average molecular weight is 487 g/mol. The fourth-order valence-electron chi connectivity index (χ4n) is 3.27. The zero-order chi connectivity index (χ0) is 24.7. The number of nitrogens with zero attached hydrogens (tertiary/aromatic N) is 6. The number of nitrogens with one attached hydrogen (secondary N) is 1. The largest absolute Gasteiger partial charge is 0.404 e. The predicted molar refractivity (Wildman–Crippen MR) is 115 cm³/mol. The Balaban J connectivity index is 1.87. The van der Waals surface area contributed by atoms with Gasteiger partial charge >= 0.3 is 6.18 Å². The minimum absolute atomic E-state index is 0.183. The lowest BCUT2D eigenvalue weighted by Crippen LogP contribution is -2.42. The molecule has 9 nitrogen and oxygen atoms in total. The third-order valence-corrected chi connectivity index (χ3v) is 6.45. The normalized spacial score (nSPS) is 13.1. The van der Waals surface area contributed by atoms with Crippen molar-refractivity contribution in [1.29, 1.82) is 5.26 Å². The van der Waals surface area contributed by atoms with Gasteiger partial charge in [0.25, 0.3) is 0 Å². The highest BCUT2D eigenvalue weighted by Crippen LogP contribution is 2.34. The summed E-state index contributed by atoms with van der Waals surface area (Å²) in [4.78, 5) is 16.6. The number of aromatic nitrogens is 5. The molecule has 0 aliphatic heterocycles. The highest BCUT2D eigenvalue weighted by molar-refractivity contribution is 7.89. The van der Waals surface area contributed by atoms with Gasteiger partial charge in [0.1, 0.15) is 22.7 Å². The number of hydrogen-bond acceptors (Lipinski definition) is 7. The summed E-state index contributed by atoms with van der Waals surface area (Å²) in [5.41, 5.74) is 1.86. The molecule has 0 saturated heterocycles. The molecule has 1 N–H and O–H groups in total. The third kappa shape index (κ3) is 4.20. The van der Waals surface area contributed by atoms with Gasteiger partial charge in [-0.2, -0.15) is 23.2 Å². The summed E-state index contributed by atoms with van der Waals surface area (Å²) in [5.74, 6) is 0.208. The van der Waals surface area contributed by atoms with Crippen molar-refractivity contribution in [3.8, 4) is 23.4 Å². The molecule has 0 amide bonds. The molecule has 13 heteroatoms. The summed E-state index contributed by atoms with van der Waals surface area (Å²) in [6.07, 6.45) is 0.811. The predicted octanol–water partition coefficient (Wildman–Crippen LogP) is 3.29. The van der Waals surface area contributed by atoms with E-state index in [2.05, 4.69) is 26.0 Å². The van der Waals surface area contributed by atoms with Crippen molar-refractivity contribution in [1.82, 2.24) is 29.2 Å². The maximum Gasteiger partial charge on any atom is 0.404 e. The molecular weight excluding hydrogens is 471 g/mol. The number of nitriles is 1. The van der Waals surface area contributed by atoms with Gasteiger partial charge in [-0.15, -0.1) is 0 Å². The summed E-state index contributed by atoms with van der Waals surface area (Å²) in [6.45, 7) is 2.52. The number of aryl methyl sites for hydroxylation is 1. The number of hydrogen-bond donors (Lipinski definition) is 1. The molecule has 0 spiro atoms. The highest BCUT2D eigenvalue weighted by Gasteiger charge is 2.39. The van der Waals surface area contributed by atoms with Gasteiger partial charge in [-0.05, 0) is 43.7 Å². The van der Waals surface area contributed by atoms with Crippen molar-refractivity contribution in [2.45, 2.75) is 31.0 Å². The number of halogens is 3. The minimum atomic E-state index is -4.75. The monoisotopic (exact) mass is 487 g/mol. The summed E-state index contributed by atoms with van der Waals surface area (Å²) in [7, 11) is -4.49. The first-order valence-electron chi connectivity index (χ1n) is 9.77. The van der Waals surface area contributed by atoms with E-state index in [0.29, 0.717) is 18.0 Å². The number of fused-ring (bicyclic) bond motifs is 1. The quantitative estimate of drug-likeness (QED) is 0.458. The molecule has 0 bridgehead atoms. The Hall–Kier alpha value is -3.89. The van der Waals surface area contributed by atoms with E-state index in [-0.39, 0.29) is 22.9 Å². The van der Waals surface area contributed by atoms with Gasteiger partial charge in [0.15, 0.2) is 0 Å². The Kier molecular flexibility index (Phi) is 5.80. The molecule has 4 heterocycles. The zero-order valence-corrected chi connectivity index (χ0v) is 18.6. The van der Waals surface area contributed by atoms with E-state index in [9.17, 15) is 26.9 Å². The van der Waals surface area contributed by atoms with Gasteiger partial charge < -0.3 is 0 Å². The number of pyridine rings is 2. The first kappa shape index (κ1) is 23.3.